The maximum absolute atomic E-state index is 12.8. The number of para-hydroxylation sites is 2. The molecule has 1 heterocycles. The maximum Gasteiger partial charge on any atom is 0.305 e. The highest BCUT2D eigenvalue weighted by molar-refractivity contribution is 5.99. The van der Waals surface area contributed by atoms with Crippen LogP contribution in [0, 0.1) is 13.8 Å². The van der Waals surface area contributed by atoms with Crippen LogP contribution >= 0.6 is 0 Å². The van der Waals surface area contributed by atoms with Gasteiger partial charge in [-0.1, -0.05) is 42.5 Å². The Morgan fingerprint density at radius 3 is 2.36 bits per heavy atom. The number of carbonyl (C=O) groups is 2. The average Bonchev–Trinajstić information content (AvgIpc) is 3.21. The van der Waals surface area contributed by atoms with E-state index >= 15 is 0 Å². The van der Waals surface area contributed by atoms with Crippen LogP contribution in [0.5, 0.6) is 11.5 Å². The van der Waals surface area contributed by atoms with Gasteiger partial charge in [0.05, 0.1) is 0 Å². The van der Waals surface area contributed by atoms with Crippen molar-refractivity contribution in [1.29, 1.82) is 0 Å². The Bertz CT molecular complexity index is 1280. The second kappa shape index (κ2) is 9.91. The molecule has 4 rings (SSSR count). The molecule has 0 radical (unpaired) electrons. The molecule has 168 valence electrons. The first-order valence-electron chi connectivity index (χ1n) is 10.5. The number of nitrogens with one attached hydrogen (secondary N) is 2. The number of aryl methyl sites for hydroxylation is 2. The molecule has 0 atom stereocenters. The van der Waals surface area contributed by atoms with Gasteiger partial charge in [-0.2, -0.15) is 0 Å². The summed E-state index contributed by atoms with van der Waals surface area (Å²) < 4.78 is 17.1. The zero-order chi connectivity index (χ0) is 23.2. The normalized spacial score (nSPS) is 10.6. The van der Waals surface area contributed by atoms with E-state index in [0.29, 0.717) is 22.6 Å². The molecule has 1 aromatic heterocycles. The van der Waals surface area contributed by atoms with Gasteiger partial charge in [-0.05, 0) is 55.3 Å². The summed E-state index contributed by atoms with van der Waals surface area (Å²) in [6.07, 6.45) is 0. The van der Waals surface area contributed by atoms with Crippen LogP contribution in [0.4, 0.5) is 0 Å². The van der Waals surface area contributed by atoms with Crippen LogP contribution in [0.25, 0.3) is 11.0 Å². The molecule has 0 aliphatic rings. The molecule has 2 amide bonds. The molecule has 0 spiro atoms. The van der Waals surface area contributed by atoms with Gasteiger partial charge in [-0.3, -0.25) is 20.4 Å². The second-order valence-corrected chi connectivity index (χ2v) is 7.54. The quantitative estimate of drug-likeness (QED) is 0.411. The van der Waals surface area contributed by atoms with Crippen molar-refractivity contribution >= 4 is 22.8 Å². The van der Waals surface area contributed by atoms with E-state index in [9.17, 15) is 9.59 Å². The lowest BCUT2D eigenvalue weighted by Crippen LogP contribution is -2.44. The van der Waals surface area contributed by atoms with Crippen molar-refractivity contribution in [3.63, 3.8) is 0 Å². The third kappa shape index (κ3) is 5.33. The molecular formula is C26H24N2O5. The van der Waals surface area contributed by atoms with Gasteiger partial charge >= 0.3 is 5.91 Å². The van der Waals surface area contributed by atoms with E-state index in [0.717, 1.165) is 16.5 Å². The topological polar surface area (TPSA) is 89.8 Å². The smallest absolute Gasteiger partial charge is 0.305 e. The molecule has 4 aromatic rings. The molecule has 0 aliphatic heterocycles. The summed E-state index contributed by atoms with van der Waals surface area (Å²) in [6, 6.07) is 22.2. The van der Waals surface area contributed by atoms with Gasteiger partial charge in [-0.25, -0.2) is 0 Å². The molecule has 0 saturated carbocycles. The summed E-state index contributed by atoms with van der Waals surface area (Å²) in [5.74, 6) is 0.239. The Morgan fingerprint density at radius 2 is 1.58 bits per heavy atom. The number of hydrazine groups is 1. The minimum Gasteiger partial charge on any atom is -0.489 e. The number of rotatable bonds is 7. The standard InChI is InChI=1S/C26H24N2O5/c1-17-12-13-20(14-18(17)2)32-16-24(29)27-28-26(30)25-22(15-31-19-8-4-3-5-9-19)21-10-6-7-11-23(21)33-25/h3-14H,15-16H2,1-2H3,(H,27,29)(H,28,30). The number of hydrogen-bond donors (Lipinski definition) is 2. The van der Waals surface area contributed by atoms with E-state index in [2.05, 4.69) is 10.9 Å². The van der Waals surface area contributed by atoms with Crippen molar-refractivity contribution in [3.8, 4) is 11.5 Å². The minimum atomic E-state index is -0.586. The van der Waals surface area contributed by atoms with Crippen molar-refractivity contribution in [2.75, 3.05) is 6.61 Å². The Kier molecular flexibility index (Phi) is 6.59. The van der Waals surface area contributed by atoms with E-state index in [1.807, 2.05) is 74.5 Å². The average molecular weight is 444 g/mol. The number of ether oxygens (including phenoxy) is 2. The van der Waals surface area contributed by atoms with Gasteiger partial charge in [0.25, 0.3) is 5.91 Å². The Labute approximate surface area is 191 Å². The van der Waals surface area contributed by atoms with Gasteiger partial charge in [-0.15, -0.1) is 0 Å². The lowest BCUT2D eigenvalue weighted by molar-refractivity contribution is -0.123. The highest BCUT2D eigenvalue weighted by Gasteiger charge is 2.21. The van der Waals surface area contributed by atoms with Crippen LogP contribution in [0.3, 0.4) is 0 Å². The molecule has 0 aliphatic carbocycles. The number of hydrogen-bond acceptors (Lipinski definition) is 5. The van der Waals surface area contributed by atoms with Gasteiger partial charge in [0, 0.05) is 10.9 Å². The fraction of sp³-hybridized carbons (Fsp3) is 0.154. The lowest BCUT2D eigenvalue weighted by Gasteiger charge is -2.10. The molecule has 2 N–H and O–H groups in total. The first-order chi connectivity index (χ1) is 16.0. The minimum absolute atomic E-state index is 0.0718. The summed E-state index contributed by atoms with van der Waals surface area (Å²) in [5, 5.41) is 0.767. The van der Waals surface area contributed by atoms with E-state index in [1.165, 1.54) is 0 Å². The summed E-state index contributed by atoms with van der Waals surface area (Å²) in [6.45, 7) is 3.86. The third-order valence-corrected chi connectivity index (χ3v) is 5.19. The molecule has 0 unspecified atom stereocenters. The monoisotopic (exact) mass is 444 g/mol. The van der Waals surface area contributed by atoms with Crippen molar-refractivity contribution in [2.24, 2.45) is 0 Å². The Hall–Kier alpha value is -4.26. The number of amides is 2. The Morgan fingerprint density at radius 1 is 0.818 bits per heavy atom. The number of carbonyl (C=O) groups excluding carboxylic acids is 2. The third-order valence-electron chi connectivity index (χ3n) is 5.19. The number of benzene rings is 3. The molecule has 0 fully saturated rings. The van der Waals surface area contributed by atoms with Crippen molar-refractivity contribution in [2.45, 2.75) is 20.5 Å². The number of fused-ring (bicyclic) bond motifs is 1. The van der Waals surface area contributed by atoms with Gasteiger partial charge in [0.1, 0.15) is 23.7 Å². The molecule has 7 heteroatoms. The maximum atomic E-state index is 12.8. The summed E-state index contributed by atoms with van der Waals surface area (Å²) >= 11 is 0. The highest BCUT2D eigenvalue weighted by atomic mass is 16.5. The summed E-state index contributed by atoms with van der Waals surface area (Å²) in [4.78, 5) is 25.0. The van der Waals surface area contributed by atoms with Crippen molar-refractivity contribution in [3.05, 3.63) is 95.2 Å². The molecule has 7 nitrogen and oxygen atoms in total. The van der Waals surface area contributed by atoms with Crippen LogP contribution in [-0.2, 0) is 11.4 Å². The van der Waals surface area contributed by atoms with E-state index < -0.39 is 11.8 Å². The van der Waals surface area contributed by atoms with E-state index in [-0.39, 0.29) is 19.0 Å². The van der Waals surface area contributed by atoms with Crippen LogP contribution in [0.2, 0.25) is 0 Å². The van der Waals surface area contributed by atoms with Crippen molar-refractivity contribution < 1.29 is 23.5 Å². The highest BCUT2D eigenvalue weighted by Crippen LogP contribution is 2.27. The lowest BCUT2D eigenvalue weighted by atomic mass is 10.1. The second-order valence-electron chi connectivity index (χ2n) is 7.54. The first-order valence-corrected chi connectivity index (χ1v) is 10.5. The van der Waals surface area contributed by atoms with E-state index in [4.69, 9.17) is 13.9 Å². The van der Waals surface area contributed by atoms with Crippen molar-refractivity contribution in [1.82, 2.24) is 10.9 Å². The molecular weight excluding hydrogens is 420 g/mol. The largest absolute Gasteiger partial charge is 0.489 e. The summed E-state index contributed by atoms with van der Waals surface area (Å²) in [5.41, 5.74) is 8.09. The van der Waals surface area contributed by atoms with Gasteiger partial charge in [0.2, 0.25) is 5.76 Å². The summed E-state index contributed by atoms with van der Waals surface area (Å²) in [7, 11) is 0. The molecule has 0 bridgehead atoms. The first kappa shape index (κ1) is 22.0. The predicted molar refractivity (Wildman–Crippen MR) is 124 cm³/mol. The van der Waals surface area contributed by atoms with Crippen LogP contribution < -0.4 is 20.3 Å². The zero-order valence-electron chi connectivity index (χ0n) is 18.4. The molecule has 0 saturated heterocycles. The van der Waals surface area contributed by atoms with Gasteiger partial charge in [0.15, 0.2) is 6.61 Å². The van der Waals surface area contributed by atoms with Gasteiger partial charge < -0.3 is 13.9 Å². The van der Waals surface area contributed by atoms with E-state index in [1.54, 1.807) is 12.1 Å². The zero-order valence-corrected chi connectivity index (χ0v) is 18.4. The fourth-order valence-electron chi connectivity index (χ4n) is 3.27. The van der Waals surface area contributed by atoms with Crippen LogP contribution in [-0.4, -0.2) is 18.4 Å². The number of furan rings is 1. The van der Waals surface area contributed by atoms with Crippen LogP contribution in [0.15, 0.2) is 77.2 Å². The van der Waals surface area contributed by atoms with Crippen LogP contribution in [0.1, 0.15) is 27.2 Å². The fourth-order valence-corrected chi connectivity index (χ4v) is 3.27. The Balaban J connectivity index is 1.40. The predicted octanol–water partition coefficient (Wildman–Crippen LogP) is 4.47. The SMILES string of the molecule is Cc1ccc(OCC(=O)NNC(=O)c2oc3ccccc3c2COc2ccccc2)cc1C. The molecule has 33 heavy (non-hydrogen) atoms. The molecule has 3 aromatic carbocycles.